The number of fused-ring (bicyclic) bond motifs is 2. The van der Waals surface area contributed by atoms with E-state index in [-0.39, 0.29) is 0 Å². The Hall–Kier alpha value is -1.56. The fraction of sp³-hybridized carbons (Fsp3) is 0.250. The van der Waals surface area contributed by atoms with Crippen molar-refractivity contribution in [3.05, 3.63) is 65.3 Å². The van der Waals surface area contributed by atoms with Crippen LogP contribution in [0.2, 0.25) is 0 Å². The molecule has 0 fully saturated rings. The van der Waals surface area contributed by atoms with Crippen molar-refractivity contribution >= 4 is 5.57 Å². The van der Waals surface area contributed by atoms with E-state index in [0.717, 1.165) is 12.8 Å². The highest BCUT2D eigenvalue weighted by atomic mass is 14.3. The third-order valence-electron chi connectivity index (χ3n) is 3.61. The number of allylic oxidation sites excluding steroid dienone is 6. The van der Waals surface area contributed by atoms with Crippen LogP contribution in [0.5, 0.6) is 0 Å². The van der Waals surface area contributed by atoms with Crippen LogP contribution in [0.25, 0.3) is 5.57 Å². The van der Waals surface area contributed by atoms with Crippen molar-refractivity contribution in [1.29, 1.82) is 0 Å². The fourth-order valence-corrected chi connectivity index (χ4v) is 2.87. The molecule has 0 heterocycles. The Kier molecular flexibility index (Phi) is 2.28. The molecule has 0 bridgehead atoms. The first-order chi connectivity index (χ1) is 7.90. The van der Waals surface area contributed by atoms with E-state index < -0.39 is 0 Å². The van der Waals surface area contributed by atoms with Gasteiger partial charge in [-0.15, -0.1) is 0 Å². The third kappa shape index (κ3) is 1.37. The third-order valence-corrected chi connectivity index (χ3v) is 3.61. The van der Waals surface area contributed by atoms with Crippen molar-refractivity contribution < 1.29 is 0 Å². The Morgan fingerprint density at radius 1 is 1.19 bits per heavy atom. The largest absolute Gasteiger partial charge is 0.0767 e. The Bertz CT molecular complexity index is 501. The van der Waals surface area contributed by atoms with Crippen molar-refractivity contribution in [2.45, 2.75) is 19.8 Å². The molecule has 1 unspecified atom stereocenters. The SMILES string of the molecule is CCC1=C2C=CC=CC2Cc2ccccc21. The molecule has 0 heteroatoms. The molecule has 1 atom stereocenters. The molecule has 0 aliphatic heterocycles. The van der Waals surface area contributed by atoms with Gasteiger partial charge in [0.25, 0.3) is 0 Å². The van der Waals surface area contributed by atoms with Gasteiger partial charge in [-0.1, -0.05) is 55.5 Å². The average Bonchev–Trinajstić information content (AvgIpc) is 2.36. The highest BCUT2D eigenvalue weighted by Crippen LogP contribution is 2.38. The maximum atomic E-state index is 2.33. The smallest absolute Gasteiger partial charge is 0.00646 e. The lowest BCUT2D eigenvalue weighted by atomic mass is 9.76. The van der Waals surface area contributed by atoms with Gasteiger partial charge < -0.3 is 0 Å². The van der Waals surface area contributed by atoms with Crippen LogP contribution in [-0.2, 0) is 6.42 Å². The van der Waals surface area contributed by atoms with Gasteiger partial charge in [-0.2, -0.15) is 0 Å². The normalized spacial score (nSPS) is 21.9. The standard InChI is InChI=1S/C16H16/c1-2-14-15-9-5-3-7-12(15)11-13-8-4-6-10-16(13)14/h3-10,12H,2,11H2,1H3. The van der Waals surface area contributed by atoms with Crippen LogP contribution < -0.4 is 0 Å². The van der Waals surface area contributed by atoms with Gasteiger partial charge in [-0.3, -0.25) is 0 Å². The van der Waals surface area contributed by atoms with E-state index in [1.165, 1.54) is 22.3 Å². The highest BCUT2D eigenvalue weighted by Gasteiger charge is 2.23. The lowest BCUT2D eigenvalue weighted by Gasteiger charge is -2.28. The van der Waals surface area contributed by atoms with E-state index in [2.05, 4.69) is 55.5 Å². The van der Waals surface area contributed by atoms with E-state index in [0.29, 0.717) is 5.92 Å². The van der Waals surface area contributed by atoms with Gasteiger partial charge in [0.2, 0.25) is 0 Å². The highest BCUT2D eigenvalue weighted by molar-refractivity contribution is 5.76. The summed E-state index contributed by atoms with van der Waals surface area (Å²) in [5.41, 5.74) is 6.04. The number of rotatable bonds is 1. The average molecular weight is 208 g/mol. The summed E-state index contributed by atoms with van der Waals surface area (Å²) < 4.78 is 0. The Morgan fingerprint density at radius 2 is 2.06 bits per heavy atom. The van der Waals surface area contributed by atoms with E-state index in [4.69, 9.17) is 0 Å². The molecular weight excluding hydrogens is 192 g/mol. The molecule has 2 aliphatic carbocycles. The molecule has 80 valence electrons. The second kappa shape index (κ2) is 3.79. The Morgan fingerprint density at radius 3 is 2.94 bits per heavy atom. The van der Waals surface area contributed by atoms with E-state index in [9.17, 15) is 0 Å². The summed E-state index contributed by atoms with van der Waals surface area (Å²) in [5.74, 6) is 0.606. The summed E-state index contributed by atoms with van der Waals surface area (Å²) >= 11 is 0. The summed E-state index contributed by atoms with van der Waals surface area (Å²) in [6, 6.07) is 8.84. The summed E-state index contributed by atoms with van der Waals surface area (Å²) in [6.45, 7) is 2.26. The molecule has 0 radical (unpaired) electrons. The zero-order valence-corrected chi connectivity index (χ0v) is 9.61. The zero-order valence-electron chi connectivity index (χ0n) is 9.61. The summed E-state index contributed by atoms with van der Waals surface area (Å²) in [5, 5.41) is 0. The monoisotopic (exact) mass is 208 g/mol. The van der Waals surface area contributed by atoms with E-state index in [1.54, 1.807) is 0 Å². The first-order valence-electron chi connectivity index (χ1n) is 6.06. The maximum Gasteiger partial charge on any atom is 0.00646 e. The van der Waals surface area contributed by atoms with Gasteiger partial charge in [0, 0.05) is 5.92 Å². The fourth-order valence-electron chi connectivity index (χ4n) is 2.87. The second-order valence-electron chi connectivity index (χ2n) is 4.50. The zero-order chi connectivity index (χ0) is 11.0. The van der Waals surface area contributed by atoms with Gasteiger partial charge in [0.05, 0.1) is 0 Å². The molecule has 1 aromatic carbocycles. The first-order valence-corrected chi connectivity index (χ1v) is 6.06. The van der Waals surface area contributed by atoms with Crippen molar-refractivity contribution in [3.63, 3.8) is 0 Å². The molecule has 1 aromatic rings. The first kappa shape index (κ1) is 9.65. The maximum absolute atomic E-state index is 2.33. The lowest BCUT2D eigenvalue weighted by Crippen LogP contribution is -2.14. The lowest BCUT2D eigenvalue weighted by molar-refractivity contribution is 0.748. The van der Waals surface area contributed by atoms with Gasteiger partial charge in [0.1, 0.15) is 0 Å². The number of hydrogen-bond acceptors (Lipinski definition) is 0. The predicted octanol–water partition coefficient (Wildman–Crippen LogP) is 4.15. The van der Waals surface area contributed by atoms with E-state index in [1.807, 2.05) is 0 Å². The molecule has 0 N–H and O–H groups in total. The Labute approximate surface area is 97.0 Å². The quantitative estimate of drug-likeness (QED) is 0.650. The summed E-state index contributed by atoms with van der Waals surface area (Å²) in [7, 11) is 0. The van der Waals surface area contributed by atoms with Crippen LogP contribution >= 0.6 is 0 Å². The van der Waals surface area contributed by atoms with Crippen molar-refractivity contribution in [2.24, 2.45) is 5.92 Å². The van der Waals surface area contributed by atoms with Crippen molar-refractivity contribution in [3.8, 4) is 0 Å². The van der Waals surface area contributed by atoms with Gasteiger partial charge in [-0.05, 0) is 35.1 Å². The van der Waals surface area contributed by atoms with Crippen LogP contribution in [0, 0.1) is 5.92 Å². The molecule has 0 amide bonds. The summed E-state index contributed by atoms with van der Waals surface area (Å²) in [4.78, 5) is 0. The topological polar surface area (TPSA) is 0 Å². The van der Waals surface area contributed by atoms with Gasteiger partial charge in [0.15, 0.2) is 0 Å². The van der Waals surface area contributed by atoms with Crippen LogP contribution in [0.15, 0.2) is 54.1 Å². The molecule has 0 aromatic heterocycles. The minimum atomic E-state index is 0.606. The van der Waals surface area contributed by atoms with Crippen molar-refractivity contribution in [2.75, 3.05) is 0 Å². The number of hydrogen-bond donors (Lipinski definition) is 0. The second-order valence-corrected chi connectivity index (χ2v) is 4.50. The molecule has 0 spiro atoms. The van der Waals surface area contributed by atoms with E-state index >= 15 is 0 Å². The van der Waals surface area contributed by atoms with Crippen LogP contribution in [0.1, 0.15) is 24.5 Å². The molecular formula is C16H16. The van der Waals surface area contributed by atoms with Crippen LogP contribution in [0.4, 0.5) is 0 Å². The predicted molar refractivity (Wildman–Crippen MR) is 69.1 cm³/mol. The molecule has 3 rings (SSSR count). The van der Waals surface area contributed by atoms with Crippen LogP contribution in [-0.4, -0.2) is 0 Å². The van der Waals surface area contributed by atoms with Crippen LogP contribution in [0.3, 0.4) is 0 Å². The minimum Gasteiger partial charge on any atom is -0.0767 e. The Balaban J connectivity index is 2.21. The van der Waals surface area contributed by atoms with Gasteiger partial charge in [-0.25, -0.2) is 0 Å². The van der Waals surface area contributed by atoms with Crippen molar-refractivity contribution in [1.82, 2.24) is 0 Å². The molecule has 0 nitrogen and oxygen atoms in total. The number of benzene rings is 1. The molecule has 0 saturated heterocycles. The summed E-state index contributed by atoms with van der Waals surface area (Å²) in [6.07, 6.45) is 11.3. The molecule has 16 heavy (non-hydrogen) atoms. The van der Waals surface area contributed by atoms with Gasteiger partial charge >= 0.3 is 0 Å². The molecule has 2 aliphatic rings. The molecule has 0 saturated carbocycles. The minimum absolute atomic E-state index is 0.606.